The molecule has 2 heterocycles. The number of benzene rings is 2. The lowest BCUT2D eigenvalue weighted by Gasteiger charge is -2.16. The third-order valence-electron chi connectivity index (χ3n) is 4.89. The van der Waals surface area contributed by atoms with E-state index in [0.29, 0.717) is 35.2 Å². The van der Waals surface area contributed by atoms with Crippen LogP contribution in [0.1, 0.15) is 26.0 Å². The average molecular weight is 447 g/mol. The van der Waals surface area contributed by atoms with Crippen LogP contribution < -0.4 is 20.3 Å². The maximum atomic E-state index is 12.6. The lowest BCUT2D eigenvalue weighted by atomic mass is 10.2. The predicted octanol–water partition coefficient (Wildman–Crippen LogP) is 3.29. The highest BCUT2D eigenvalue weighted by atomic mass is 16.5. The number of para-hydroxylation sites is 3. The average Bonchev–Trinajstić information content (AvgIpc) is 3.22. The van der Waals surface area contributed by atoms with Crippen LogP contribution in [-0.2, 0) is 17.9 Å². The molecule has 2 aromatic carbocycles. The first-order chi connectivity index (χ1) is 16.0. The van der Waals surface area contributed by atoms with Gasteiger partial charge in [-0.3, -0.25) is 14.3 Å². The van der Waals surface area contributed by atoms with Crippen LogP contribution in [0.2, 0.25) is 0 Å². The molecular formula is C24H25N5O4. The molecule has 1 N–H and O–H groups in total. The van der Waals surface area contributed by atoms with Crippen LogP contribution in [0.15, 0.2) is 71.8 Å². The second-order valence-electron chi connectivity index (χ2n) is 7.45. The fourth-order valence-corrected chi connectivity index (χ4v) is 3.30. The number of rotatable bonds is 9. The highest BCUT2D eigenvalue weighted by Gasteiger charge is 2.17. The molecule has 170 valence electrons. The third-order valence-corrected chi connectivity index (χ3v) is 4.89. The van der Waals surface area contributed by atoms with Crippen LogP contribution in [0.25, 0.3) is 5.78 Å². The minimum Gasteiger partial charge on any atom is -0.485 e. The smallest absolute Gasteiger partial charge is 0.274 e. The van der Waals surface area contributed by atoms with Crippen LogP contribution >= 0.6 is 0 Å². The quantitative estimate of drug-likeness (QED) is 0.423. The Morgan fingerprint density at radius 3 is 2.67 bits per heavy atom. The van der Waals surface area contributed by atoms with Gasteiger partial charge in [0.1, 0.15) is 24.4 Å². The summed E-state index contributed by atoms with van der Waals surface area (Å²) in [6.07, 6.45) is 1.77. The van der Waals surface area contributed by atoms with Crippen molar-refractivity contribution in [3.05, 3.63) is 83.0 Å². The summed E-state index contributed by atoms with van der Waals surface area (Å²) in [6.45, 7) is 4.43. The van der Waals surface area contributed by atoms with Gasteiger partial charge in [0.15, 0.2) is 6.10 Å². The predicted molar refractivity (Wildman–Crippen MR) is 123 cm³/mol. The number of carbonyl (C=O) groups is 1. The second kappa shape index (κ2) is 9.99. The molecule has 0 radical (unpaired) electrons. The van der Waals surface area contributed by atoms with Crippen molar-refractivity contribution in [3.63, 3.8) is 0 Å². The first kappa shape index (κ1) is 22.1. The lowest BCUT2D eigenvalue weighted by Crippen LogP contribution is -2.30. The van der Waals surface area contributed by atoms with Gasteiger partial charge >= 0.3 is 0 Å². The van der Waals surface area contributed by atoms with E-state index < -0.39 is 6.10 Å². The van der Waals surface area contributed by atoms with Crippen LogP contribution in [-0.4, -0.2) is 31.2 Å². The van der Waals surface area contributed by atoms with E-state index >= 15 is 0 Å². The molecule has 4 rings (SSSR count). The second-order valence-corrected chi connectivity index (χ2v) is 7.45. The standard InChI is InChI=1S/C24H25N5O4/c1-3-13-28-16-25-24-26-18(14-22(30)29(24)28)15-32-21-12-8-7-11-20(21)27-23(31)17(2)33-19-9-5-4-6-10-19/h4-12,14,16-17H,3,13,15H2,1-2H3,(H,27,31). The van der Waals surface area contributed by atoms with E-state index in [9.17, 15) is 9.59 Å². The maximum absolute atomic E-state index is 12.6. The van der Waals surface area contributed by atoms with Crippen LogP contribution in [0.4, 0.5) is 5.69 Å². The van der Waals surface area contributed by atoms with Gasteiger partial charge < -0.3 is 14.8 Å². The Hall–Kier alpha value is -4.14. The van der Waals surface area contributed by atoms with Crippen molar-refractivity contribution in [2.24, 2.45) is 0 Å². The normalized spacial score (nSPS) is 11.8. The van der Waals surface area contributed by atoms with Gasteiger partial charge in [0, 0.05) is 12.6 Å². The lowest BCUT2D eigenvalue weighted by molar-refractivity contribution is -0.122. The molecule has 0 spiro atoms. The Morgan fingerprint density at radius 1 is 1.12 bits per heavy atom. The number of fused-ring (bicyclic) bond motifs is 1. The maximum Gasteiger partial charge on any atom is 0.274 e. The number of nitrogens with one attached hydrogen (secondary N) is 1. The summed E-state index contributed by atoms with van der Waals surface area (Å²) < 4.78 is 14.7. The highest BCUT2D eigenvalue weighted by Crippen LogP contribution is 2.25. The summed E-state index contributed by atoms with van der Waals surface area (Å²) in [4.78, 5) is 33.8. The minimum atomic E-state index is -0.706. The van der Waals surface area contributed by atoms with E-state index in [-0.39, 0.29) is 18.1 Å². The number of ether oxygens (including phenoxy) is 2. The molecule has 9 nitrogen and oxygen atoms in total. The van der Waals surface area contributed by atoms with Crippen molar-refractivity contribution in [1.82, 2.24) is 19.2 Å². The first-order valence-corrected chi connectivity index (χ1v) is 10.7. The zero-order valence-electron chi connectivity index (χ0n) is 18.5. The van der Waals surface area contributed by atoms with Gasteiger partial charge in [-0.25, -0.2) is 4.98 Å². The van der Waals surface area contributed by atoms with Crippen molar-refractivity contribution in [1.29, 1.82) is 0 Å². The molecule has 33 heavy (non-hydrogen) atoms. The number of hydrogen-bond donors (Lipinski definition) is 1. The zero-order valence-corrected chi connectivity index (χ0v) is 18.5. The number of aromatic nitrogens is 4. The van der Waals surface area contributed by atoms with Gasteiger partial charge in [0.25, 0.3) is 17.2 Å². The van der Waals surface area contributed by atoms with Crippen molar-refractivity contribution >= 4 is 17.4 Å². The van der Waals surface area contributed by atoms with Gasteiger partial charge in [-0.15, -0.1) is 0 Å². The summed E-state index contributed by atoms with van der Waals surface area (Å²) in [5.41, 5.74) is 0.720. The zero-order chi connectivity index (χ0) is 23.2. The highest BCUT2D eigenvalue weighted by molar-refractivity contribution is 5.95. The molecule has 0 aliphatic heterocycles. The first-order valence-electron chi connectivity index (χ1n) is 10.7. The number of nitrogens with zero attached hydrogens (tertiary/aromatic N) is 4. The molecule has 0 saturated carbocycles. The molecule has 0 bridgehead atoms. The molecule has 0 aliphatic carbocycles. The van der Waals surface area contributed by atoms with Gasteiger partial charge in [0.2, 0.25) is 0 Å². The van der Waals surface area contributed by atoms with Crippen LogP contribution in [0, 0.1) is 0 Å². The van der Waals surface area contributed by atoms with Crippen LogP contribution in [0.5, 0.6) is 11.5 Å². The molecular weight excluding hydrogens is 422 g/mol. The molecule has 1 unspecified atom stereocenters. The molecule has 9 heteroatoms. The van der Waals surface area contributed by atoms with Gasteiger partial charge in [0.05, 0.1) is 11.4 Å². The Morgan fingerprint density at radius 2 is 1.88 bits per heavy atom. The van der Waals surface area contributed by atoms with E-state index in [0.717, 1.165) is 6.42 Å². The molecule has 0 saturated heterocycles. The number of carbonyl (C=O) groups excluding carboxylic acids is 1. The molecule has 2 aromatic heterocycles. The summed E-state index contributed by atoms with van der Waals surface area (Å²) >= 11 is 0. The summed E-state index contributed by atoms with van der Waals surface area (Å²) in [5.74, 6) is 1.08. The van der Waals surface area contributed by atoms with E-state index in [1.807, 2.05) is 25.1 Å². The van der Waals surface area contributed by atoms with E-state index in [2.05, 4.69) is 15.3 Å². The Kier molecular flexibility index (Phi) is 6.68. The fourth-order valence-electron chi connectivity index (χ4n) is 3.30. The number of amides is 1. The Bertz CT molecular complexity index is 1300. The van der Waals surface area contributed by atoms with Crippen molar-refractivity contribution in [2.45, 2.75) is 39.5 Å². The SMILES string of the molecule is CCCn1cnc2nc(COc3ccccc3NC(=O)C(C)Oc3ccccc3)cc(=O)n21. The minimum absolute atomic E-state index is 0.0509. The fraction of sp³-hybridized carbons (Fsp3) is 0.250. The van der Waals surface area contributed by atoms with Crippen molar-refractivity contribution in [2.75, 3.05) is 5.32 Å². The van der Waals surface area contributed by atoms with E-state index in [4.69, 9.17) is 9.47 Å². The largest absolute Gasteiger partial charge is 0.485 e. The summed E-state index contributed by atoms with van der Waals surface area (Å²) in [7, 11) is 0. The molecule has 1 atom stereocenters. The van der Waals surface area contributed by atoms with Crippen LogP contribution in [0.3, 0.4) is 0 Å². The van der Waals surface area contributed by atoms with Gasteiger partial charge in [-0.2, -0.15) is 9.50 Å². The van der Waals surface area contributed by atoms with E-state index in [1.165, 1.54) is 10.6 Å². The third kappa shape index (κ3) is 5.20. The molecule has 4 aromatic rings. The van der Waals surface area contributed by atoms with E-state index in [1.54, 1.807) is 54.3 Å². The molecule has 0 aliphatic rings. The molecule has 0 fully saturated rings. The van der Waals surface area contributed by atoms with Gasteiger partial charge in [-0.1, -0.05) is 37.3 Å². The Balaban J connectivity index is 1.45. The van der Waals surface area contributed by atoms with Crippen molar-refractivity contribution < 1.29 is 14.3 Å². The summed E-state index contributed by atoms with van der Waals surface area (Å²) in [6, 6.07) is 17.6. The summed E-state index contributed by atoms with van der Waals surface area (Å²) in [5, 5.41) is 2.83. The molecule has 1 amide bonds. The number of aryl methyl sites for hydroxylation is 1. The number of hydrogen-bond acceptors (Lipinski definition) is 6. The topological polar surface area (TPSA) is 99.8 Å². The monoisotopic (exact) mass is 447 g/mol. The number of anilines is 1. The Labute approximate surface area is 190 Å². The van der Waals surface area contributed by atoms with Crippen molar-refractivity contribution in [3.8, 4) is 11.5 Å². The van der Waals surface area contributed by atoms with Gasteiger partial charge in [-0.05, 0) is 37.6 Å².